The number of benzene rings is 1. The molecule has 0 bridgehead atoms. The zero-order valence-corrected chi connectivity index (χ0v) is 12.7. The van der Waals surface area contributed by atoms with Crippen LogP contribution in [0, 0.1) is 0 Å². The molecule has 1 heterocycles. The van der Waals surface area contributed by atoms with Crippen molar-refractivity contribution in [3.63, 3.8) is 0 Å². The van der Waals surface area contributed by atoms with Crippen molar-refractivity contribution < 1.29 is 8.42 Å². The van der Waals surface area contributed by atoms with E-state index in [1.807, 2.05) is 18.2 Å². The first-order chi connectivity index (χ1) is 9.59. The molecule has 1 fully saturated rings. The quantitative estimate of drug-likeness (QED) is 0.819. The Morgan fingerprint density at radius 2 is 2.05 bits per heavy atom. The predicted octanol–water partition coefficient (Wildman–Crippen LogP) is 0.896. The van der Waals surface area contributed by atoms with Gasteiger partial charge in [0.2, 0.25) is 10.0 Å². The molecule has 5 nitrogen and oxygen atoms in total. The molecule has 0 amide bonds. The van der Waals surface area contributed by atoms with Crippen molar-refractivity contribution in [2.45, 2.75) is 13.3 Å². The second kappa shape index (κ2) is 7.06. The molecule has 0 spiro atoms. The molecule has 112 valence electrons. The van der Waals surface area contributed by atoms with Gasteiger partial charge in [-0.2, -0.15) is 0 Å². The molecule has 0 aromatic heterocycles. The van der Waals surface area contributed by atoms with Crippen molar-refractivity contribution in [1.29, 1.82) is 0 Å². The third kappa shape index (κ3) is 4.77. The average Bonchev–Trinajstić information content (AvgIpc) is 2.46. The molecule has 1 aliphatic rings. The summed E-state index contributed by atoms with van der Waals surface area (Å²) in [6, 6.07) is 7.56. The summed E-state index contributed by atoms with van der Waals surface area (Å²) in [7, 11) is -3.27. The molecule has 1 aliphatic heterocycles. The molecule has 6 heteroatoms. The lowest BCUT2D eigenvalue weighted by molar-refractivity contribution is 0.254. The number of nitrogens with zero attached hydrogens (tertiary/aromatic N) is 1. The van der Waals surface area contributed by atoms with E-state index in [4.69, 9.17) is 0 Å². The Bertz CT molecular complexity index is 525. The third-order valence-electron chi connectivity index (χ3n) is 3.49. The summed E-state index contributed by atoms with van der Waals surface area (Å²) >= 11 is 0. The van der Waals surface area contributed by atoms with Gasteiger partial charge < -0.3 is 5.32 Å². The van der Waals surface area contributed by atoms with E-state index in [2.05, 4.69) is 21.9 Å². The van der Waals surface area contributed by atoms with E-state index < -0.39 is 10.0 Å². The largest absolute Gasteiger partial charge is 0.314 e. The van der Waals surface area contributed by atoms with E-state index in [0.29, 0.717) is 12.2 Å². The summed E-state index contributed by atoms with van der Waals surface area (Å²) in [6.07, 6.45) is 0.899. The van der Waals surface area contributed by atoms with Crippen LogP contribution in [0.1, 0.15) is 12.5 Å². The maximum absolute atomic E-state index is 12.1. The zero-order valence-electron chi connectivity index (χ0n) is 11.9. The maximum Gasteiger partial charge on any atom is 0.233 e. The van der Waals surface area contributed by atoms with E-state index in [1.165, 1.54) is 0 Å². The van der Waals surface area contributed by atoms with Crippen LogP contribution in [0.3, 0.4) is 0 Å². The van der Waals surface area contributed by atoms with E-state index in [-0.39, 0.29) is 5.75 Å². The minimum atomic E-state index is -3.27. The summed E-state index contributed by atoms with van der Waals surface area (Å²) in [5.41, 5.74) is 1.79. The number of nitrogens with one attached hydrogen (secondary N) is 2. The van der Waals surface area contributed by atoms with Crippen LogP contribution in [-0.2, 0) is 16.4 Å². The molecule has 0 saturated carbocycles. The van der Waals surface area contributed by atoms with Crippen molar-refractivity contribution in [3.05, 3.63) is 29.8 Å². The standard InChI is InChI=1S/C14H23N3O2S/c1-2-13-4-3-5-14(12-13)16-20(18,19)11-10-17-8-6-15-7-9-17/h3-5,12,15-16H,2,6-11H2,1H3. The second-order valence-electron chi connectivity index (χ2n) is 5.07. The van der Waals surface area contributed by atoms with Crippen molar-refractivity contribution in [1.82, 2.24) is 10.2 Å². The molecule has 1 aromatic carbocycles. The minimum Gasteiger partial charge on any atom is -0.314 e. The molecule has 0 atom stereocenters. The number of rotatable bonds is 6. The summed E-state index contributed by atoms with van der Waals surface area (Å²) in [5, 5.41) is 3.26. The fourth-order valence-corrected chi connectivity index (χ4v) is 3.36. The van der Waals surface area contributed by atoms with Gasteiger partial charge in [-0.1, -0.05) is 19.1 Å². The minimum absolute atomic E-state index is 0.142. The molecule has 1 aromatic rings. The molecular weight excluding hydrogens is 274 g/mol. The second-order valence-corrected chi connectivity index (χ2v) is 6.91. The molecule has 1 saturated heterocycles. The van der Waals surface area contributed by atoms with Crippen LogP contribution in [0.4, 0.5) is 5.69 Å². The first kappa shape index (κ1) is 15.3. The Hall–Kier alpha value is -1.11. The van der Waals surface area contributed by atoms with Crippen molar-refractivity contribution in [2.24, 2.45) is 0 Å². The topological polar surface area (TPSA) is 61.4 Å². The lowest BCUT2D eigenvalue weighted by Crippen LogP contribution is -2.45. The molecule has 0 radical (unpaired) electrons. The van der Waals surface area contributed by atoms with Crippen molar-refractivity contribution in [2.75, 3.05) is 43.2 Å². The van der Waals surface area contributed by atoms with E-state index in [0.717, 1.165) is 38.2 Å². The number of anilines is 1. The van der Waals surface area contributed by atoms with Gasteiger partial charge in [-0.15, -0.1) is 0 Å². The number of hydrogen-bond donors (Lipinski definition) is 2. The van der Waals surface area contributed by atoms with Gasteiger partial charge in [0, 0.05) is 38.4 Å². The van der Waals surface area contributed by atoms with Gasteiger partial charge in [0.25, 0.3) is 0 Å². The van der Waals surface area contributed by atoms with Gasteiger partial charge in [-0.25, -0.2) is 8.42 Å². The number of piperazine rings is 1. The van der Waals surface area contributed by atoms with Crippen LogP contribution in [-0.4, -0.2) is 51.8 Å². The summed E-state index contributed by atoms with van der Waals surface area (Å²) in [4.78, 5) is 2.18. The van der Waals surface area contributed by atoms with Crippen LogP contribution >= 0.6 is 0 Å². The monoisotopic (exact) mass is 297 g/mol. The van der Waals surface area contributed by atoms with E-state index in [9.17, 15) is 8.42 Å². The van der Waals surface area contributed by atoms with Crippen LogP contribution in [0.15, 0.2) is 24.3 Å². The maximum atomic E-state index is 12.1. The van der Waals surface area contributed by atoms with Crippen LogP contribution < -0.4 is 10.0 Å². The Morgan fingerprint density at radius 3 is 2.75 bits per heavy atom. The molecular formula is C14H23N3O2S. The normalized spacial score (nSPS) is 17.1. The van der Waals surface area contributed by atoms with Gasteiger partial charge in [0.1, 0.15) is 0 Å². The molecule has 20 heavy (non-hydrogen) atoms. The van der Waals surface area contributed by atoms with Crippen molar-refractivity contribution in [3.8, 4) is 0 Å². The van der Waals surface area contributed by atoms with Gasteiger partial charge >= 0.3 is 0 Å². The first-order valence-electron chi connectivity index (χ1n) is 7.11. The smallest absolute Gasteiger partial charge is 0.233 e. The Morgan fingerprint density at radius 1 is 1.30 bits per heavy atom. The van der Waals surface area contributed by atoms with Gasteiger partial charge in [0.05, 0.1) is 5.75 Å². The number of hydrogen-bond acceptors (Lipinski definition) is 4. The summed E-state index contributed by atoms with van der Waals surface area (Å²) < 4.78 is 26.8. The van der Waals surface area contributed by atoms with Crippen LogP contribution in [0.2, 0.25) is 0 Å². The molecule has 2 rings (SSSR count). The lowest BCUT2D eigenvalue weighted by atomic mass is 10.1. The SMILES string of the molecule is CCc1cccc(NS(=O)(=O)CCN2CCNCC2)c1. The van der Waals surface area contributed by atoms with E-state index >= 15 is 0 Å². The Balaban J connectivity index is 1.89. The fraction of sp³-hybridized carbons (Fsp3) is 0.571. The van der Waals surface area contributed by atoms with E-state index in [1.54, 1.807) is 6.07 Å². The highest BCUT2D eigenvalue weighted by Crippen LogP contribution is 2.13. The highest BCUT2D eigenvalue weighted by atomic mass is 32.2. The predicted molar refractivity (Wildman–Crippen MR) is 82.5 cm³/mol. The number of aryl methyl sites for hydroxylation is 1. The van der Waals surface area contributed by atoms with Crippen molar-refractivity contribution >= 4 is 15.7 Å². The number of sulfonamides is 1. The summed E-state index contributed by atoms with van der Waals surface area (Å²) in [5.74, 6) is 0.142. The third-order valence-corrected chi connectivity index (χ3v) is 4.76. The molecule has 0 aliphatic carbocycles. The zero-order chi connectivity index (χ0) is 14.4. The highest BCUT2D eigenvalue weighted by molar-refractivity contribution is 7.92. The summed E-state index contributed by atoms with van der Waals surface area (Å²) in [6.45, 7) is 6.35. The lowest BCUT2D eigenvalue weighted by Gasteiger charge is -2.26. The first-order valence-corrected chi connectivity index (χ1v) is 8.77. The van der Waals surface area contributed by atoms with Gasteiger partial charge in [-0.3, -0.25) is 9.62 Å². The van der Waals surface area contributed by atoms with Crippen LogP contribution in [0.25, 0.3) is 0 Å². The van der Waals surface area contributed by atoms with Gasteiger partial charge in [-0.05, 0) is 24.1 Å². The highest BCUT2D eigenvalue weighted by Gasteiger charge is 2.15. The molecule has 2 N–H and O–H groups in total. The van der Waals surface area contributed by atoms with Crippen LogP contribution in [0.5, 0.6) is 0 Å². The Labute approximate surface area is 121 Å². The average molecular weight is 297 g/mol. The van der Waals surface area contributed by atoms with Gasteiger partial charge in [0.15, 0.2) is 0 Å². The molecule has 0 unspecified atom stereocenters. The fourth-order valence-electron chi connectivity index (χ4n) is 2.27. The Kier molecular flexibility index (Phi) is 5.39.